The van der Waals surface area contributed by atoms with E-state index in [-0.39, 0.29) is 5.91 Å². The standard InChI is InChI=1S/C19H16N4O2/c1-23(2)19(24)13-5-3-4-12(8-13)15-9-16-17(14-6-7-25-11-14)21-22-18(16)20-10-15/h3-11H,1-2H3,(H,20,21,22). The van der Waals surface area contributed by atoms with Gasteiger partial charge in [-0.25, -0.2) is 4.98 Å². The van der Waals surface area contributed by atoms with Crippen LogP contribution in [0.25, 0.3) is 33.4 Å². The number of benzene rings is 1. The number of rotatable bonds is 3. The maximum Gasteiger partial charge on any atom is 0.253 e. The van der Waals surface area contributed by atoms with Gasteiger partial charge >= 0.3 is 0 Å². The van der Waals surface area contributed by atoms with Crippen LogP contribution in [0.4, 0.5) is 0 Å². The molecule has 0 atom stereocenters. The zero-order valence-electron chi connectivity index (χ0n) is 13.9. The van der Waals surface area contributed by atoms with Gasteiger partial charge < -0.3 is 9.32 Å². The molecule has 4 rings (SSSR count). The Bertz CT molecular complexity index is 1050. The maximum absolute atomic E-state index is 12.2. The van der Waals surface area contributed by atoms with Crippen molar-refractivity contribution < 1.29 is 9.21 Å². The molecule has 3 aromatic heterocycles. The van der Waals surface area contributed by atoms with Crippen LogP contribution in [-0.4, -0.2) is 40.1 Å². The third-order valence-electron chi connectivity index (χ3n) is 4.06. The number of furan rings is 1. The molecule has 1 amide bonds. The highest BCUT2D eigenvalue weighted by Gasteiger charge is 2.13. The molecule has 6 heteroatoms. The van der Waals surface area contributed by atoms with E-state index in [4.69, 9.17) is 4.42 Å². The van der Waals surface area contributed by atoms with E-state index in [0.717, 1.165) is 27.8 Å². The molecular formula is C19H16N4O2. The van der Waals surface area contributed by atoms with Gasteiger partial charge in [0.25, 0.3) is 5.91 Å². The molecule has 0 aliphatic heterocycles. The van der Waals surface area contributed by atoms with Crippen molar-refractivity contribution in [3.05, 3.63) is 60.7 Å². The minimum absolute atomic E-state index is 0.0294. The molecule has 0 fully saturated rings. The number of hydrogen-bond acceptors (Lipinski definition) is 4. The number of amides is 1. The summed E-state index contributed by atoms with van der Waals surface area (Å²) in [4.78, 5) is 18.2. The van der Waals surface area contributed by atoms with Crippen LogP contribution >= 0.6 is 0 Å². The molecule has 0 saturated heterocycles. The summed E-state index contributed by atoms with van der Waals surface area (Å²) >= 11 is 0. The number of nitrogens with zero attached hydrogens (tertiary/aromatic N) is 3. The minimum atomic E-state index is -0.0294. The first-order chi connectivity index (χ1) is 12.1. The van der Waals surface area contributed by atoms with Crippen LogP contribution in [0.5, 0.6) is 0 Å². The van der Waals surface area contributed by atoms with E-state index in [9.17, 15) is 4.79 Å². The summed E-state index contributed by atoms with van der Waals surface area (Å²) in [6.07, 6.45) is 5.04. The summed E-state index contributed by atoms with van der Waals surface area (Å²) in [5.74, 6) is -0.0294. The Kier molecular flexibility index (Phi) is 3.57. The first-order valence-corrected chi connectivity index (χ1v) is 7.82. The van der Waals surface area contributed by atoms with E-state index >= 15 is 0 Å². The zero-order chi connectivity index (χ0) is 17.4. The molecule has 1 N–H and O–H groups in total. The Morgan fingerprint density at radius 1 is 1.12 bits per heavy atom. The van der Waals surface area contributed by atoms with Gasteiger partial charge in [-0.1, -0.05) is 12.1 Å². The number of hydrogen-bond donors (Lipinski definition) is 1. The molecule has 6 nitrogen and oxygen atoms in total. The SMILES string of the molecule is CN(C)C(=O)c1cccc(-c2cnc3[nH]nc(-c4ccoc4)c3c2)c1. The lowest BCUT2D eigenvalue weighted by Crippen LogP contribution is -2.21. The molecule has 1 aromatic carbocycles. The highest BCUT2D eigenvalue weighted by Crippen LogP contribution is 2.29. The topological polar surface area (TPSA) is 75.0 Å². The fourth-order valence-electron chi connectivity index (χ4n) is 2.77. The number of nitrogens with one attached hydrogen (secondary N) is 1. The van der Waals surface area contributed by atoms with Crippen molar-refractivity contribution in [2.75, 3.05) is 14.1 Å². The summed E-state index contributed by atoms with van der Waals surface area (Å²) in [6, 6.07) is 11.4. The van der Waals surface area contributed by atoms with Gasteiger partial charge in [-0.15, -0.1) is 0 Å². The predicted octanol–water partition coefficient (Wildman–Crippen LogP) is 3.59. The molecule has 0 aliphatic rings. The lowest BCUT2D eigenvalue weighted by Gasteiger charge is -2.11. The number of carbonyl (C=O) groups excluding carboxylic acids is 1. The number of pyridine rings is 1. The van der Waals surface area contributed by atoms with Crippen LogP contribution in [0, 0.1) is 0 Å². The molecule has 0 bridgehead atoms. The lowest BCUT2D eigenvalue weighted by molar-refractivity contribution is 0.0827. The lowest BCUT2D eigenvalue weighted by atomic mass is 10.0. The third-order valence-corrected chi connectivity index (χ3v) is 4.06. The minimum Gasteiger partial charge on any atom is -0.472 e. The van der Waals surface area contributed by atoms with E-state index in [2.05, 4.69) is 15.2 Å². The van der Waals surface area contributed by atoms with Gasteiger partial charge in [0.1, 0.15) is 5.69 Å². The Morgan fingerprint density at radius 3 is 2.76 bits per heavy atom. The Hall–Kier alpha value is -3.41. The Balaban J connectivity index is 1.81. The second-order valence-electron chi connectivity index (χ2n) is 5.98. The van der Waals surface area contributed by atoms with E-state index in [1.54, 1.807) is 37.7 Å². The largest absolute Gasteiger partial charge is 0.472 e. The van der Waals surface area contributed by atoms with Gasteiger partial charge in [-0.3, -0.25) is 9.89 Å². The number of H-pyrrole nitrogens is 1. The normalized spacial score (nSPS) is 11.0. The number of carbonyl (C=O) groups is 1. The van der Waals surface area contributed by atoms with Crippen LogP contribution in [0.1, 0.15) is 10.4 Å². The fourth-order valence-corrected chi connectivity index (χ4v) is 2.77. The average Bonchev–Trinajstić information content (AvgIpc) is 3.29. The molecule has 0 unspecified atom stereocenters. The molecule has 3 heterocycles. The van der Waals surface area contributed by atoms with Crippen molar-refractivity contribution in [2.24, 2.45) is 0 Å². The number of aromatic nitrogens is 3. The van der Waals surface area contributed by atoms with Gasteiger partial charge in [-0.2, -0.15) is 5.10 Å². The summed E-state index contributed by atoms with van der Waals surface area (Å²) in [5.41, 5.74) is 4.89. The molecule has 25 heavy (non-hydrogen) atoms. The van der Waals surface area contributed by atoms with Gasteiger partial charge in [0, 0.05) is 42.4 Å². The van der Waals surface area contributed by atoms with Crippen molar-refractivity contribution in [3.8, 4) is 22.4 Å². The van der Waals surface area contributed by atoms with Crippen LogP contribution in [-0.2, 0) is 0 Å². The third kappa shape index (κ3) is 2.67. The summed E-state index contributed by atoms with van der Waals surface area (Å²) in [5, 5.41) is 8.18. The fraction of sp³-hybridized carbons (Fsp3) is 0.105. The van der Waals surface area contributed by atoms with Crippen LogP contribution in [0.2, 0.25) is 0 Å². The first kappa shape index (κ1) is 15.1. The van der Waals surface area contributed by atoms with Crippen molar-refractivity contribution in [1.29, 1.82) is 0 Å². The molecule has 0 spiro atoms. The van der Waals surface area contributed by atoms with E-state index in [1.165, 1.54) is 0 Å². The second-order valence-corrected chi connectivity index (χ2v) is 5.98. The van der Waals surface area contributed by atoms with Crippen LogP contribution in [0.15, 0.2) is 59.5 Å². The van der Waals surface area contributed by atoms with Gasteiger partial charge in [0.05, 0.1) is 12.5 Å². The van der Waals surface area contributed by atoms with Crippen LogP contribution in [0.3, 0.4) is 0 Å². The van der Waals surface area contributed by atoms with E-state index < -0.39 is 0 Å². The molecular weight excluding hydrogens is 316 g/mol. The van der Waals surface area contributed by atoms with Crippen molar-refractivity contribution >= 4 is 16.9 Å². The first-order valence-electron chi connectivity index (χ1n) is 7.82. The zero-order valence-corrected chi connectivity index (χ0v) is 13.9. The van der Waals surface area contributed by atoms with Crippen molar-refractivity contribution in [3.63, 3.8) is 0 Å². The van der Waals surface area contributed by atoms with E-state index in [0.29, 0.717) is 11.2 Å². The molecule has 0 radical (unpaired) electrons. The summed E-state index contributed by atoms with van der Waals surface area (Å²) in [7, 11) is 3.48. The quantitative estimate of drug-likeness (QED) is 0.622. The van der Waals surface area contributed by atoms with E-state index in [1.807, 2.05) is 36.4 Å². The molecule has 0 saturated carbocycles. The number of aromatic amines is 1. The molecule has 4 aromatic rings. The van der Waals surface area contributed by atoms with Crippen molar-refractivity contribution in [2.45, 2.75) is 0 Å². The van der Waals surface area contributed by atoms with Crippen LogP contribution < -0.4 is 0 Å². The summed E-state index contributed by atoms with van der Waals surface area (Å²) in [6.45, 7) is 0. The highest BCUT2D eigenvalue weighted by atomic mass is 16.3. The van der Waals surface area contributed by atoms with Gasteiger partial charge in [0.2, 0.25) is 0 Å². The maximum atomic E-state index is 12.2. The summed E-state index contributed by atoms with van der Waals surface area (Å²) < 4.78 is 5.15. The average molecular weight is 332 g/mol. The second kappa shape index (κ2) is 5.90. The van der Waals surface area contributed by atoms with Gasteiger partial charge in [0.15, 0.2) is 5.65 Å². The molecule has 0 aliphatic carbocycles. The van der Waals surface area contributed by atoms with Gasteiger partial charge in [-0.05, 0) is 29.8 Å². The monoisotopic (exact) mass is 332 g/mol. The smallest absolute Gasteiger partial charge is 0.253 e. The highest BCUT2D eigenvalue weighted by molar-refractivity contribution is 5.96. The Labute approximate surface area is 144 Å². The number of fused-ring (bicyclic) bond motifs is 1. The van der Waals surface area contributed by atoms with Crippen molar-refractivity contribution in [1.82, 2.24) is 20.1 Å². The Morgan fingerprint density at radius 2 is 2.00 bits per heavy atom. The predicted molar refractivity (Wildman–Crippen MR) is 95.0 cm³/mol. The molecule has 124 valence electrons.